The van der Waals surface area contributed by atoms with Crippen LogP contribution in [0.5, 0.6) is 0 Å². The highest BCUT2D eigenvalue weighted by Gasteiger charge is 2.25. The van der Waals surface area contributed by atoms with Crippen LogP contribution in [0, 0.1) is 0 Å². The third-order valence-electron chi connectivity index (χ3n) is 3.68. The maximum absolute atomic E-state index is 11.8. The maximum Gasteiger partial charge on any atom is 0.340 e. The van der Waals surface area contributed by atoms with Gasteiger partial charge in [-0.15, -0.1) is 0 Å². The average Bonchev–Trinajstić information content (AvgIpc) is 2.89. The van der Waals surface area contributed by atoms with E-state index < -0.39 is 0 Å². The van der Waals surface area contributed by atoms with Crippen LogP contribution in [0.15, 0.2) is 18.2 Å². The van der Waals surface area contributed by atoms with Crippen LogP contribution in [0.2, 0.25) is 0 Å². The van der Waals surface area contributed by atoms with Crippen LogP contribution in [0.4, 0.5) is 11.4 Å². The second kappa shape index (κ2) is 6.61. The maximum atomic E-state index is 11.8. The number of carbonyl (C=O) groups is 1. The number of esters is 1. The molecule has 5 heteroatoms. The van der Waals surface area contributed by atoms with Crippen molar-refractivity contribution in [2.75, 3.05) is 24.8 Å². The molecule has 1 fully saturated rings. The lowest BCUT2D eigenvalue weighted by Gasteiger charge is -2.17. The highest BCUT2D eigenvalue weighted by molar-refractivity contribution is 5.98. The summed E-state index contributed by atoms with van der Waals surface area (Å²) >= 11 is 0. The van der Waals surface area contributed by atoms with Gasteiger partial charge in [0.2, 0.25) is 0 Å². The number of nitrogens with two attached hydrogens (primary N) is 1. The van der Waals surface area contributed by atoms with E-state index in [2.05, 4.69) is 5.32 Å². The van der Waals surface area contributed by atoms with Gasteiger partial charge in [-0.3, -0.25) is 0 Å². The number of para-hydroxylation sites is 1. The van der Waals surface area contributed by atoms with Gasteiger partial charge in [-0.1, -0.05) is 6.07 Å². The molecule has 20 heavy (non-hydrogen) atoms. The van der Waals surface area contributed by atoms with Crippen LogP contribution in [-0.2, 0) is 9.47 Å². The van der Waals surface area contributed by atoms with Gasteiger partial charge in [-0.25, -0.2) is 4.79 Å². The molecule has 1 aliphatic rings. The summed E-state index contributed by atoms with van der Waals surface area (Å²) in [5.41, 5.74) is 7.72. The minimum absolute atomic E-state index is 0.307. The van der Waals surface area contributed by atoms with E-state index in [-0.39, 0.29) is 5.97 Å². The van der Waals surface area contributed by atoms with Crippen LogP contribution >= 0.6 is 0 Å². The molecule has 0 saturated heterocycles. The van der Waals surface area contributed by atoms with Gasteiger partial charge in [0.15, 0.2) is 0 Å². The number of rotatable bonds is 5. The molecule has 3 N–H and O–H groups in total. The number of benzene rings is 1. The number of ether oxygens (including phenoxy) is 2. The van der Waals surface area contributed by atoms with Gasteiger partial charge < -0.3 is 20.5 Å². The Kier molecular flexibility index (Phi) is 4.84. The fourth-order valence-electron chi connectivity index (χ4n) is 2.58. The smallest absolute Gasteiger partial charge is 0.340 e. The Morgan fingerprint density at radius 1 is 1.45 bits per heavy atom. The Morgan fingerprint density at radius 3 is 2.90 bits per heavy atom. The largest absolute Gasteiger partial charge is 0.462 e. The normalized spacial score (nSPS) is 21.7. The number of carbonyl (C=O) groups excluding carboxylic acids is 1. The SMILES string of the molecule is CCOC(=O)c1cccc(NC2CCC(OC)C2)c1N. The molecule has 1 aromatic carbocycles. The Labute approximate surface area is 119 Å². The standard InChI is InChI=1S/C15H22N2O3/c1-3-20-15(18)12-5-4-6-13(14(12)16)17-10-7-8-11(9-10)19-2/h4-6,10-11,17H,3,7-9,16H2,1-2H3. The summed E-state index contributed by atoms with van der Waals surface area (Å²) in [5, 5.41) is 3.40. The second-order valence-electron chi connectivity index (χ2n) is 5.00. The van der Waals surface area contributed by atoms with Crippen LogP contribution in [0.3, 0.4) is 0 Å². The minimum Gasteiger partial charge on any atom is -0.462 e. The van der Waals surface area contributed by atoms with E-state index in [1.807, 2.05) is 12.1 Å². The fraction of sp³-hybridized carbons (Fsp3) is 0.533. The van der Waals surface area contributed by atoms with E-state index in [1.165, 1.54) is 0 Å². The lowest BCUT2D eigenvalue weighted by molar-refractivity contribution is 0.0527. The fourth-order valence-corrected chi connectivity index (χ4v) is 2.58. The van der Waals surface area contributed by atoms with Gasteiger partial charge in [0.25, 0.3) is 0 Å². The molecule has 2 rings (SSSR count). The molecule has 5 nitrogen and oxygen atoms in total. The van der Waals surface area contributed by atoms with Crippen molar-refractivity contribution in [1.82, 2.24) is 0 Å². The molecule has 0 amide bonds. The summed E-state index contributed by atoms with van der Waals surface area (Å²) in [7, 11) is 1.74. The third kappa shape index (κ3) is 3.22. The molecule has 0 aromatic heterocycles. The number of nitrogens with one attached hydrogen (secondary N) is 1. The summed E-state index contributed by atoms with van der Waals surface area (Å²) in [6, 6.07) is 5.72. The molecule has 0 radical (unpaired) electrons. The van der Waals surface area contributed by atoms with E-state index in [0.29, 0.717) is 30.0 Å². The van der Waals surface area contributed by atoms with Crippen molar-refractivity contribution in [1.29, 1.82) is 0 Å². The molecule has 0 spiro atoms. The number of anilines is 2. The minimum atomic E-state index is -0.380. The number of methoxy groups -OCH3 is 1. The van der Waals surface area contributed by atoms with Gasteiger partial charge >= 0.3 is 5.97 Å². The summed E-state index contributed by atoms with van der Waals surface area (Å²) in [5.74, 6) is -0.380. The Bertz CT molecular complexity index is 476. The first-order chi connectivity index (χ1) is 9.65. The van der Waals surface area contributed by atoms with Gasteiger partial charge in [0, 0.05) is 13.2 Å². The summed E-state index contributed by atoms with van der Waals surface area (Å²) in [6.07, 6.45) is 3.36. The van der Waals surface area contributed by atoms with Gasteiger partial charge in [-0.2, -0.15) is 0 Å². The highest BCUT2D eigenvalue weighted by Crippen LogP contribution is 2.29. The summed E-state index contributed by atoms with van der Waals surface area (Å²) < 4.78 is 10.4. The molecule has 0 heterocycles. The lowest BCUT2D eigenvalue weighted by atomic mass is 10.1. The molecule has 110 valence electrons. The van der Waals surface area contributed by atoms with Crippen molar-refractivity contribution >= 4 is 17.3 Å². The van der Waals surface area contributed by atoms with E-state index in [4.69, 9.17) is 15.2 Å². The van der Waals surface area contributed by atoms with E-state index in [9.17, 15) is 4.79 Å². The first-order valence-corrected chi connectivity index (χ1v) is 7.00. The number of hydrogen-bond acceptors (Lipinski definition) is 5. The highest BCUT2D eigenvalue weighted by atomic mass is 16.5. The molecule has 0 aliphatic heterocycles. The van der Waals surface area contributed by atoms with Crippen molar-refractivity contribution in [2.45, 2.75) is 38.3 Å². The van der Waals surface area contributed by atoms with Crippen LogP contribution in [0.25, 0.3) is 0 Å². The molecule has 0 bridgehead atoms. The molecular formula is C15H22N2O3. The van der Waals surface area contributed by atoms with Crippen molar-refractivity contribution in [3.63, 3.8) is 0 Å². The molecule has 1 aliphatic carbocycles. The summed E-state index contributed by atoms with van der Waals surface area (Å²) in [4.78, 5) is 11.8. The van der Waals surface area contributed by atoms with Crippen molar-refractivity contribution in [3.05, 3.63) is 23.8 Å². The topological polar surface area (TPSA) is 73.6 Å². The lowest BCUT2D eigenvalue weighted by Crippen LogP contribution is -2.19. The van der Waals surface area contributed by atoms with Crippen molar-refractivity contribution in [3.8, 4) is 0 Å². The molecular weight excluding hydrogens is 256 g/mol. The van der Waals surface area contributed by atoms with Crippen LogP contribution in [-0.4, -0.2) is 31.8 Å². The average molecular weight is 278 g/mol. The first kappa shape index (κ1) is 14.7. The molecule has 2 unspecified atom stereocenters. The number of hydrogen-bond donors (Lipinski definition) is 2. The quantitative estimate of drug-likeness (QED) is 0.639. The van der Waals surface area contributed by atoms with Gasteiger partial charge in [-0.05, 0) is 38.3 Å². The van der Waals surface area contributed by atoms with Crippen LogP contribution in [0.1, 0.15) is 36.5 Å². The zero-order valence-corrected chi connectivity index (χ0v) is 12.0. The van der Waals surface area contributed by atoms with Gasteiger partial charge in [0.1, 0.15) is 0 Å². The van der Waals surface area contributed by atoms with Gasteiger partial charge in [0.05, 0.1) is 29.6 Å². The number of nitrogen functional groups attached to an aromatic ring is 1. The van der Waals surface area contributed by atoms with E-state index in [0.717, 1.165) is 24.9 Å². The Hall–Kier alpha value is -1.75. The van der Waals surface area contributed by atoms with E-state index >= 15 is 0 Å². The summed E-state index contributed by atoms with van der Waals surface area (Å²) in [6.45, 7) is 2.12. The monoisotopic (exact) mass is 278 g/mol. The van der Waals surface area contributed by atoms with Crippen LogP contribution < -0.4 is 11.1 Å². The third-order valence-corrected chi connectivity index (χ3v) is 3.68. The molecule has 2 atom stereocenters. The molecule has 1 saturated carbocycles. The zero-order valence-electron chi connectivity index (χ0n) is 12.0. The zero-order chi connectivity index (χ0) is 14.5. The van der Waals surface area contributed by atoms with Crippen molar-refractivity contribution < 1.29 is 14.3 Å². The van der Waals surface area contributed by atoms with E-state index in [1.54, 1.807) is 20.1 Å². The second-order valence-corrected chi connectivity index (χ2v) is 5.00. The predicted octanol–water partition coefficient (Wildman–Crippen LogP) is 2.42. The first-order valence-electron chi connectivity index (χ1n) is 7.00. The van der Waals surface area contributed by atoms with Crippen molar-refractivity contribution in [2.24, 2.45) is 0 Å². The molecule has 1 aromatic rings. The Balaban J connectivity index is 2.09. The predicted molar refractivity (Wildman–Crippen MR) is 78.9 cm³/mol. The Morgan fingerprint density at radius 2 is 2.25 bits per heavy atom.